The molecule has 4 rings (SSSR count). The number of hydrogen-bond donors (Lipinski definition) is 0. The molecule has 2 aromatic rings. The van der Waals surface area contributed by atoms with E-state index in [0.717, 1.165) is 42.8 Å². The maximum Gasteiger partial charge on any atom is 0.276 e. The van der Waals surface area contributed by atoms with Crippen LogP contribution in [0.1, 0.15) is 54.1 Å². The van der Waals surface area contributed by atoms with Gasteiger partial charge in [0.1, 0.15) is 17.1 Å². The van der Waals surface area contributed by atoms with Gasteiger partial charge in [0.15, 0.2) is 5.69 Å². The van der Waals surface area contributed by atoms with Crippen LogP contribution in [0.2, 0.25) is 0 Å². The van der Waals surface area contributed by atoms with Crippen molar-refractivity contribution < 1.29 is 18.8 Å². The summed E-state index contributed by atoms with van der Waals surface area (Å²) in [5.41, 5.74) is 2.48. The summed E-state index contributed by atoms with van der Waals surface area (Å²) in [5, 5.41) is 3.99. The van der Waals surface area contributed by atoms with E-state index in [4.69, 9.17) is 14.0 Å². The van der Waals surface area contributed by atoms with Crippen molar-refractivity contribution in [3.8, 4) is 5.75 Å². The van der Waals surface area contributed by atoms with Gasteiger partial charge in [-0.1, -0.05) is 31.1 Å². The van der Waals surface area contributed by atoms with Crippen LogP contribution in [0.4, 0.5) is 0 Å². The van der Waals surface area contributed by atoms with Gasteiger partial charge in [-0.15, -0.1) is 0 Å². The van der Waals surface area contributed by atoms with E-state index in [1.807, 2.05) is 17.0 Å². The topological polar surface area (TPSA) is 64.8 Å². The van der Waals surface area contributed by atoms with Crippen molar-refractivity contribution in [3.05, 3.63) is 46.8 Å². The van der Waals surface area contributed by atoms with Gasteiger partial charge in [0.05, 0.1) is 13.7 Å². The van der Waals surface area contributed by atoms with Gasteiger partial charge >= 0.3 is 0 Å². The minimum absolute atomic E-state index is 0.0651. The zero-order valence-corrected chi connectivity index (χ0v) is 16.9. The number of carbonyl (C=O) groups is 1. The molecule has 0 unspecified atom stereocenters. The molecule has 1 fully saturated rings. The smallest absolute Gasteiger partial charge is 0.276 e. The highest BCUT2D eigenvalue weighted by atomic mass is 16.5. The lowest BCUT2D eigenvalue weighted by Gasteiger charge is -2.45. The van der Waals surface area contributed by atoms with Gasteiger partial charge in [0.2, 0.25) is 0 Å². The predicted octanol–water partition coefficient (Wildman–Crippen LogP) is 3.59. The minimum Gasteiger partial charge on any atom is -0.496 e. The summed E-state index contributed by atoms with van der Waals surface area (Å²) in [6.45, 7) is 6.19. The molecule has 1 spiro atoms. The van der Waals surface area contributed by atoms with E-state index in [9.17, 15) is 4.79 Å². The van der Waals surface area contributed by atoms with Crippen molar-refractivity contribution in [3.63, 3.8) is 0 Å². The summed E-state index contributed by atoms with van der Waals surface area (Å²) in [6, 6.07) is 7.97. The Kier molecular flexibility index (Phi) is 5.15. The molecule has 1 aromatic heterocycles. The van der Waals surface area contributed by atoms with Crippen LogP contribution >= 0.6 is 0 Å². The largest absolute Gasteiger partial charge is 0.496 e. The minimum atomic E-state index is -0.371. The monoisotopic (exact) mass is 384 g/mol. The Morgan fingerprint density at radius 3 is 2.82 bits per heavy atom. The number of ether oxygens (including phenoxy) is 2. The number of aromatic nitrogens is 1. The van der Waals surface area contributed by atoms with Gasteiger partial charge in [0, 0.05) is 31.1 Å². The summed E-state index contributed by atoms with van der Waals surface area (Å²) in [6.07, 6.45) is 3.19. The first-order valence-corrected chi connectivity index (χ1v) is 10.1. The average Bonchev–Trinajstić information content (AvgIpc) is 3.15. The molecule has 1 aromatic carbocycles. The Labute approximate surface area is 165 Å². The van der Waals surface area contributed by atoms with Gasteiger partial charge in [-0.2, -0.15) is 0 Å². The number of nitrogens with zero attached hydrogens (tertiary/aromatic N) is 2. The lowest BCUT2D eigenvalue weighted by atomic mass is 9.78. The molecule has 0 N–H and O–H groups in total. The lowest BCUT2D eigenvalue weighted by molar-refractivity contribution is -0.0947. The fourth-order valence-electron chi connectivity index (χ4n) is 4.44. The zero-order chi connectivity index (χ0) is 19.7. The molecular weight excluding hydrogens is 356 g/mol. The van der Waals surface area contributed by atoms with Gasteiger partial charge < -0.3 is 18.9 Å². The van der Waals surface area contributed by atoms with E-state index in [-0.39, 0.29) is 11.5 Å². The van der Waals surface area contributed by atoms with Crippen molar-refractivity contribution >= 4 is 5.91 Å². The average molecular weight is 384 g/mol. The van der Waals surface area contributed by atoms with Crippen molar-refractivity contribution in [2.45, 2.75) is 45.1 Å². The Hall–Kier alpha value is -2.34. The first-order valence-electron chi connectivity index (χ1n) is 10.1. The van der Waals surface area contributed by atoms with Gasteiger partial charge in [-0.3, -0.25) is 4.79 Å². The van der Waals surface area contributed by atoms with E-state index < -0.39 is 0 Å². The summed E-state index contributed by atoms with van der Waals surface area (Å²) in [5.74, 6) is 2.04. The number of methoxy groups -OCH3 is 1. The summed E-state index contributed by atoms with van der Waals surface area (Å²) in [4.78, 5) is 14.7. The van der Waals surface area contributed by atoms with Crippen LogP contribution in [0.15, 0.2) is 28.8 Å². The number of carbonyl (C=O) groups excluding carboxylic acids is 1. The Balaban J connectivity index is 1.50. The maximum absolute atomic E-state index is 12.9. The Morgan fingerprint density at radius 2 is 2.11 bits per heavy atom. The first kappa shape index (κ1) is 19.0. The second-order valence-corrected chi connectivity index (χ2v) is 8.16. The molecule has 1 saturated heterocycles. The summed E-state index contributed by atoms with van der Waals surface area (Å²) >= 11 is 0. The van der Waals surface area contributed by atoms with Crippen LogP contribution in [-0.4, -0.2) is 42.8 Å². The SMILES string of the molecule is COc1cccc2c1C1(CCN(C(=O)c3cc(CC(C)C)on3)CC1)OCC2. The molecule has 1 amide bonds. The molecule has 0 saturated carbocycles. The number of fused-ring (bicyclic) bond motifs is 2. The van der Waals surface area contributed by atoms with Crippen LogP contribution in [0.3, 0.4) is 0 Å². The Bertz CT molecular complexity index is 836. The van der Waals surface area contributed by atoms with E-state index in [2.05, 4.69) is 25.1 Å². The maximum atomic E-state index is 12.9. The van der Waals surface area contributed by atoms with E-state index in [0.29, 0.717) is 31.3 Å². The van der Waals surface area contributed by atoms with Crippen LogP contribution in [0.25, 0.3) is 0 Å². The molecule has 6 nitrogen and oxygen atoms in total. The lowest BCUT2D eigenvalue weighted by Crippen LogP contribution is -2.48. The molecular formula is C22H28N2O4. The molecule has 150 valence electrons. The van der Waals surface area contributed by atoms with Gasteiger partial charge in [0.25, 0.3) is 5.91 Å². The third-order valence-electron chi connectivity index (χ3n) is 5.78. The molecule has 3 heterocycles. The fraction of sp³-hybridized carbons (Fsp3) is 0.545. The molecule has 28 heavy (non-hydrogen) atoms. The normalized spacial score (nSPS) is 18.4. The number of benzene rings is 1. The fourth-order valence-corrected chi connectivity index (χ4v) is 4.44. The van der Waals surface area contributed by atoms with Gasteiger partial charge in [-0.25, -0.2) is 0 Å². The molecule has 2 aliphatic heterocycles. The molecule has 0 bridgehead atoms. The quantitative estimate of drug-likeness (QED) is 0.806. The molecule has 6 heteroatoms. The number of rotatable bonds is 4. The highest BCUT2D eigenvalue weighted by Gasteiger charge is 2.44. The summed E-state index contributed by atoms with van der Waals surface area (Å²) in [7, 11) is 1.70. The van der Waals surface area contributed by atoms with E-state index in [1.165, 1.54) is 5.56 Å². The first-order chi connectivity index (χ1) is 13.5. The van der Waals surface area contributed by atoms with Crippen molar-refractivity contribution in [2.75, 3.05) is 26.8 Å². The zero-order valence-electron chi connectivity index (χ0n) is 16.9. The van der Waals surface area contributed by atoms with Crippen molar-refractivity contribution in [1.29, 1.82) is 0 Å². The number of likely N-dealkylation sites (tertiary alicyclic amines) is 1. The van der Waals surface area contributed by atoms with Crippen molar-refractivity contribution in [2.24, 2.45) is 5.92 Å². The highest BCUT2D eigenvalue weighted by Crippen LogP contribution is 2.45. The molecule has 0 aliphatic carbocycles. The van der Waals surface area contributed by atoms with Crippen LogP contribution in [0.5, 0.6) is 5.75 Å². The third kappa shape index (κ3) is 3.41. The standard InChI is InChI=1S/C22H28N2O4/c1-15(2)13-17-14-18(23-28-17)21(25)24-10-8-22(9-11-24)20-16(7-12-27-22)5-4-6-19(20)26-3/h4-6,14-15H,7-13H2,1-3H3. The highest BCUT2D eigenvalue weighted by molar-refractivity contribution is 5.92. The van der Waals surface area contributed by atoms with E-state index in [1.54, 1.807) is 13.2 Å². The second kappa shape index (κ2) is 7.59. The number of hydrogen-bond acceptors (Lipinski definition) is 5. The van der Waals surface area contributed by atoms with Crippen LogP contribution in [-0.2, 0) is 23.2 Å². The summed E-state index contributed by atoms with van der Waals surface area (Å²) < 4.78 is 17.3. The molecule has 2 aliphatic rings. The van der Waals surface area contributed by atoms with Gasteiger partial charge in [-0.05, 0) is 36.8 Å². The number of amides is 1. The van der Waals surface area contributed by atoms with Crippen molar-refractivity contribution in [1.82, 2.24) is 10.1 Å². The second-order valence-electron chi connectivity index (χ2n) is 8.16. The Morgan fingerprint density at radius 1 is 1.32 bits per heavy atom. The predicted molar refractivity (Wildman–Crippen MR) is 105 cm³/mol. The van der Waals surface area contributed by atoms with E-state index >= 15 is 0 Å². The van der Waals surface area contributed by atoms with Crippen LogP contribution in [0, 0.1) is 5.92 Å². The number of piperidine rings is 1. The van der Waals surface area contributed by atoms with Crippen LogP contribution < -0.4 is 4.74 Å². The third-order valence-corrected chi connectivity index (χ3v) is 5.78. The molecule has 0 atom stereocenters. The molecule has 0 radical (unpaired) electrons.